The Kier molecular flexibility index (Phi) is 4.57. The molecule has 0 radical (unpaired) electrons. The van der Waals surface area contributed by atoms with E-state index in [9.17, 15) is 0 Å². The zero-order chi connectivity index (χ0) is 10.6. The zero-order valence-corrected chi connectivity index (χ0v) is 10.6. The van der Waals surface area contributed by atoms with Crippen molar-refractivity contribution in [3.8, 4) is 0 Å². The molecule has 1 rings (SSSR count). The predicted octanol–water partition coefficient (Wildman–Crippen LogP) is 0.975. The molecule has 1 saturated heterocycles. The number of hydrogen-bond acceptors (Lipinski definition) is 3. The molecule has 14 heavy (non-hydrogen) atoms. The van der Waals surface area contributed by atoms with Crippen molar-refractivity contribution in [3.05, 3.63) is 0 Å². The topological polar surface area (TPSA) is 61.3 Å². The van der Waals surface area contributed by atoms with Gasteiger partial charge in [-0.15, -0.1) is 0 Å². The van der Waals surface area contributed by atoms with Gasteiger partial charge in [-0.25, -0.2) is 0 Å². The van der Waals surface area contributed by atoms with Crippen LogP contribution in [-0.4, -0.2) is 26.8 Å². The van der Waals surface area contributed by atoms with Gasteiger partial charge in [0.25, 0.3) is 0 Å². The summed E-state index contributed by atoms with van der Waals surface area (Å²) in [5.41, 5.74) is 11.2. The van der Waals surface area contributed by atoms with Crippen LogP contribution in [0.1, 0.15) is 32.1 Å². The van der Waals surface area contributed by atoms with E-state index in [4.69, 9.17) is 16.2 Å². The first-order chi connectivity index (χ1) is 6.57. The van der Waals surface area contributed by atoms with Crippen LogP contribution >= 0.6 is 0 Å². The summed E-state index contributed by atoms with van der Waals surface area (Å²) in [7, 11) is -0.780. The number of nitrogens with two attached hydrogens (primary N) is 2. The lowest BCUT2D eigenvalue weighted by Gasteiger charge is -2.41. The molecule has 0 bridgehead atoms. The van der Waals surface area contributed by atoms with Crippen LogP contribution in [-0.2, 0) is 4.74 Å². The third-order valence-electron chi connectivity index (χ3n) is 3.34. The van der Waals surface area contributed by atoms with Crippen molar-refractivity contribution in [1.82, 2.24) is 0 Å². The Morgan fingerprint density at radius 2 is 2.07 bits per heavy atom. The maximum atomic E-state index is 6.03. The quantitative estimate of drug-likeness (QED) is 0.544. The molecule has 1 atom stereocenters. The maximum Gasteiger partial charge on any atom is 0.0695 e. The summed E-state index contributed by atoms with van der Waals surface area (Å²) < 4.78 is 6.03. The third-order valence-corrected chi connectivity index (χ3v) is 6.19. The Balaban J connectivity index is 2.52. The SMILES string of the molecule is C[SiH](C)C1(CCC(N)N)CCCCO1. The normalized spacial score (nSPS) is 28.7. The van der Waals surface area contributed by atoms with E-state index in [0.717, 1.165) is 19.4 Å². The highest BCUT2D eigenvalue weighted by Gasteiger charge is 2.36. The minimum absolute atomic E-state index is 0.176. The molecule has 1 heterocycles. The Labute approximate surface area is 88.8 Å². The lowest BCUT2D eigenvalue weighted by molar-refractivity contribution is -0.0297. The van der Waals surface area contributed by atoms with Crippen LogP contribution in [0.15, 0.2) is 0 Å². The zero-order valence-electron chi connectivity index (χ0n) is 9.46. The van der Waals surface area contributed by atoms with Crippen LogP contribution in [0.2, 0.25) is 13.1 Å². The first kappa shape index (κ1) is 12.2. The second-order valence-corrected chi connectivity index (χ2v) is 8.09. The molecule has 0 aliphatic carbocycles. The molecule has 3 nitrogen and oxygen atoms in total. The molecule has 4 heteroatoms. The van der Waals surface area contributed by atoms with E-state index in [-0.39, 0.29) is 11.4 Å². The van der Waals surface area contributed by atoms with Crippen LogP contribution in [0.3, 0.4) is 0 Å². The van der Waals surface area contributed by atoms with Crippen LogP contribution in [0.5, 0.6) is 0 Å². The molecule has 0 saturated carbocycles. The molecular formula is C10H24N2OSi. The Hall–Kier alpha value is 0.0969. The number of hydrogen-bond donors (Lipinski definition) is 2. The number of rotatable bonds is 4. The second kappa shape index (κ2) is 5.26. The fraction of sp³-hybridized carbons (Fsp3) is 1.00. The van der Waals surface area contributed by atoms with Crippen molar-refractivity contribution in [2.24, 2.45) is 11.5 Å². The molecule has 0 aromatic rings. The summed E-state index contributed by atoms with van der Waals surface area (Å²) in [5, 5.41) is 0.190. The molecule has 0 amide bonds. The van der Waals surface area contributed by atoms with Crippen molar-refractivity contribution < 1.29 is 4.74 Å². The van der Waals surface area contributed by atoms with Gasteiger partial charge in [-0.3, -0.25) is 0 Å². The third kappa shape index (κ3) is 3.05. The summed E-state index contributed by atoms with van der Waals surface area (Å²) in [6.07, 6.45) is 5.54. The molecule has 1 unspecified atom stereocenters. The van der Waals surface area contributed by atoms with Crippen molar-refractivity contribution >= 4 is 8.80 Å². The van der Waals surface area contributed by atoms with Gasteiger partial charge in [-0.05, 0) is 32.1 Å². The summed E-state index contributed by atoms with van der Waals surface area (Å²) in [4.78, 5) is 0. The smallest absolute Gasteiger partial charge is 0.0695 e. The first-order valence-corrected chi connectivity index (χ1v) is 8.60. The number of ether oxygens (including phenoxy) is 1. The molecular weight excluding hydrogens is 192 g/mol. The van der Waals surface area contributed by atoms with Crippen molar-refractivity contribution in [2.45, 2.75) is 56.6 Å². The Morgan fingerprint density at radius 3 is 2.50 bits per heavy atom. The summed E-state index contributed by atoms with van der Waals surface area (Å²) in [5.74, 6) is 0. The van der Waals surface area contributed by atoms with E-state index in [1.54, 1.807) is 0 Å². The molecule has 0 spiro atoms. The molecule has 84 valence electrons. The van der Waals surface area contributed by atoms with Gasteiger partial charge in [0.2, 0.25) is 0 Å². The van der Waals surface area contributed by atoms with Crippen LogP contribution < -0.4 is 11.5 Å². The molecule has 1 aliphatic heterocycles. The van der Waals surface area contributed by atoms with Gasteiger partial charge in [0.05, 0.1) is 20.2 Å². The Morgan fingerprint density at radius 1 is 1.36 bits per heavy atom. The average Bonchev–Trinajstić information content (AvgIpc) is 2.16. The van der Waals surface area contributed by atoms with E-state index in [0.29, 0.717) is 0 Å². The van der Waals surface area contributed by atoms with Crippen LogP contribution in [0, 0.1) is 0 Å². The van der Waals surface area contributed by atoms with Gasteiger partial charge < -0.3 is 16.2 Å². The van der Waals surface area contributed by atoms with Gasteiger partial charge in [-0.2, -0.15) is 0 Å². The summed E-state index contributed by atoms with van der Waals surface area (Å²) in [6, 6.07) is 0. The van der Waals surface area contributed by atoms with E-state index in [2.05, 4.69) is 13.1 Å². The van der Waals surface area contributed by atoms with Gasteiger partial charge in [0.1, 0.15) is 0 Å². The highest BCUT2D eigenvalue weighted by molar-refractivity contribution is 6.59. The Bertz CT molecular complexity index is 168. The van der Waals surface area contributed by atoms with Gasteiger partial charge in [0.15, 0.2) is 0 Å². The highest BCUT2D eigenvalue weighted by atomic mass is 28.3. The van der Waals surface area contributed by atoms with Gasteiger partial charge in [0, 0.05) is 6.61 Å². The predicted molar refractivity (Wildman–Crippen MR) is 62.8 cm³/mol. The largest absolute Gasteiger partial charge is 0.379 e. The van der Waals surface area contributed by atoms with E-state index in [1.165, 1.54) is 19.3 Å². The fourth-order valence-electron chi connectivity index (χ4n) is 2.23. The molecule has 0 aromatic heterocycles. The standard InChI is InChI=1S/C10H24N2OSi/c1-14(2)10(7-5-9(11)12)6-3-4-8-13-10/h9,14H,3-8,11-12H2,1-2H3. The molecule has 0 aromatic carbocycles. The minimum atomic E-state index is -0.780. The highest BCUT2D eigenvalue weighted by Crippen LogP contribution is 2.32. The fourth-order valence-corrected chi connectivity index (χ4v) is 4.20. The second-order valence-electron chi connectivity index (χ2n) is 4.73. The maximum absolute atomic E-state index is 6.03. The van der Waals surface area contributed by atoms with E-state index < -0.39 is 8.80 Å². The van der Waals surface area contributed by atoms with Gasteiger partial charge in [-0.1, -0.05) is 13.1 Å². The van der Waals surface area contributed by atoms with Crippen molar-refractivity contribution in [2.75, 3.05) is 6.61 Å². The first-order valence-electron chi connectivity index (χ1n) is 5.72. The van der Waals surface area contributed by atoms with Gasteiger partial charge >= 0.3 is 0 Å². The van der Waals surface area contributed by atoms with Crippen LogP contribution in [0.25, 0.3) is 0 Å². The molecule has 4 N–H and O–H groups in total. The van der Waals surface area contributed by atoms with Crippen LogP contribution in [0.4, 0.5) is 0 Å². The van der Waals surface area contributed by atoms with Crippen molar-refractivity contribution in [1.29, 1.82) is 0 Å². The lowest BCUT2D eigenvalue weighted by Crippen LogP contribution is -2.48. The van der Waals surface area contributed by atoms with E-state index >= 15 is 0 Å². The molecule has 1 fully saturated rings. The average molecular weight is 216 g/mol. The summed E-state index contributed by atoms with van der Waals surface area (Å²) in [6.45, 7) is 5.67. The lowest BCUT2D eigenvalue weighted by atomic mass is 10.0. The van der Waals surface area contributed by atoms with Crippen molar-refractivity contribution in [3.63, 3.8) is 0 Å². The summed E-state index contributed by atoms with van der Waals surface area (Å²) >= 11 is 0. The van der Waals surface area contributed by atoms with E-state index in [1.807, 2.05) is 0 Å². The minimum Gasteiger partial charge on any atom is -0.379 e. The molecule has 1 aliphatic rings. The monoisotopic (exact) mass is 216 g/mol.